The van der Waals surface area contributed by atoms with Gasteiger partial charge in [-0.05, 0) is 36.8 Å². The van der Waals surface area contributed by atoms with Crippen LogP contribution < -0.4 is 10.1 Å². The maximum Gasteiger partial charge on any atom is 0.221 e. The quantitative estimate of drug-likeness (QED) is 0.861. The van der Waals surface area contributed by atoms with E-state index in [4.69, 9.17) is 4.74 Å². The molecule has 0 radical (unpaired) electrons. The Hall–Kier alpha value is -1.61. The number of ether oxygens (including phenoxy) is 1. The lowest BCUT2D eigenvalue weighted by molar-refractivity contribution is 0.308. The predicted octanol–water partition coefficient (Wildman–Crippen LogP) is 3.28. The second kappa shape index (κ2) is 5.57. The number of nitrogens with zero attached hydrogens (tertiary/aromatic N) is 1. The van der Waals surface area contributed by atoms with Crippen LogP contribution in [0.15, 0.2) is 30.3 Å². The molecule has 1 aliphatic rings. The second-order valence-corrected chi connectivity index (χ2v) is 5.14. The van der Waals surface area contributed by atoms with Gasteiger partial charge in [0.1, 0.15) is 0 Å². The topological polar surface area (TPSA) is 34.1 Å². The van der Waals surface area contributed by atoms with Crippen LogP contribution in [-0.2, 0) is 6.54 Å². The largest absolute Gasteiger partial charge is 0.477 e. The third-order valence-electron chi connectivity index (χ3n) is 3.35. The molecule has 100 valence electrons. The maximum atomic E-state index is 5.79. The van der Waals surface area contributed by atoms with Crippen molar-refractivity contribution in [3.8, 4) is 5.88 Å². The fraction of sp³-hybridized carbons (Fsp3) is 0.438. The highest BCUT2D eigenvalue weighted by molar-refractivity contribution is 5.87. The van der Waals surface area contributed by atoms with Gasteiger partial charge in [-0.2, -0.15) is 0 Å². The Morgan fingerprint density at radius 1 is 1.32 bits per heavy atom. The van der Waals surface area contributed by atoms with Crippen molar-refractivity contribution >= 4 is 10.8 Å². The van der Waals surface area contributed by atoms with Gasteiger partial charge in [-0.15, -0.1) is 0 Å². The lowest BCUT2D eigenvalue weighted by Crippen LogP contribution is -2.16. The molecular formula is C16H20N2O. The van der Waals surface area contributed by atoms with Gasteiger partial charge >= 0.3 is 0 Å². The van der Waals surface area contributed by atoms with Gasteiger partial charge in [0, 0.05) is 18.0 Å². The molecule has 0 unspecified atom stereocenters. The van der Waals surface area contributed by atoms with Crippen LogP contribution in [0.3, 0.4) is 0 Å². The smallest absolute Gasteiger partial charge is 0.221 e. The van der Waals surface area contributed by atoms with E-state index in [0.29, 0.717) is 6.04 Å². The highest BCUT2D eigenvalue weighted by Gasteiger charge is 2.20. The third kappa shape index (κ3) is 3.04. The van der Waals surface area contributed by atoms with E-state index in [1.54, 1.807) is 0 Å². The Morgan fingerprint density at radius 2 is 2.16 bits per heavy atom. The van der Waals surface area contributed by atoms with Gasteiger partial charge in [-0.25, -0.2) is 4.98 Å². The highest BCUT2D eigenvalue weighted by Crippen LogP contribution is 2.25. The minimum Gasteiger partial charge on any atom is -0.477 e. The summed E-state index contributed by atoms with van der Waals surface area (Å²) in [6, 6.07) is 11.1. The molecule has 1 N–H and O–H groups in total. The summed E-state index contributed by atoms with van der Waals surface area (Å²) in [5.74, 6) is 0.771. The molecule has 1 aliphatic carbocycles. The minimum atomic E-state index is 0.702. The number of nitrogens with one attached hydrogen (secondary N) is 1. The Morgan fingerprint density at radius 3 is 2.95 bits per heavy atom. The monoisotopic (exact) mass is 256 g/mol. The number of benzene rings is 1. The average molecular weight is 256 g/mol. The third-order valence-corrected chi connectivity index (χ3v) is 3.35. The molecule has 3 nitrogen and oxygen atoms in total. The van der Waals surface area contributed by atoms with Crippen LogP contribution >= 0.6 is 0 Å². The molecule has 0 bridgehead atoms. The zero-order chi connectivity index (χ0) is 13.1. The first-order chi connectivity index (χ1) is 9.36. The first-order valence-electron chi connectivity index (χ1n) is 7.11. The summed E-state index contributed by atoms with van der Waals surface area (Å²) in [7, 11) is 0. The highest BCUT2D eigenvalue weighted by atomic mass is 16.5. The summed E-state index contributed by atoms with van der Waals surface area (Å²) in [6.07, 6.45) is 3.60. The molecule has 0 amide bonds. The molecule has 1 aromatic heterocycles. The molecule has 0 atom stereocenters. The van der Waals surface area contributed by atoms with Gasteiger partial charge in [0.2, 0.25) is 5.88 Å². The van der Waals surface area contributed by atoms with Gasteiger partial charge in [0.05, 0.1) is 12.3 Å². The van der Waals surface area contributed by atoms with E-state index in [1.807, 2.05) is 6.07 Å². The zero-order valence-corrected chi connectivity index (χ0v) is 11.4. The summed E-state index contributed by atoms with van der Waals surface area (Å²) >= 11 is 0. The van der Waals surface area contributed by atoms with E-state index in [9.17, 15) is 0 Å². The predicted molar refractivity (Wildman–Crippen MR) is 77.4 cm³/mol. The van der Waals surface area contributed by atoms with Crippen molar-refractivity contribution in [2.24, 2.45) is 0 Å². The van der Waals surface area contributed by atoms with Crippen LogP contribution in [0.1, 0.15) is 31.9 Å². The number of pyridine rings is 1. The number of fused-ring (bicyclic) bond motifs is 1. The van der Waals surface area contributed by atoms with Crippen molar-refractivity contribution in [3.05, 3.63) is 36.0 Å². The Balaban J connectivity index is 1.88. The Bertz CT molecular complexity index is 564. The van der Waals surface area contributed by atoms with E-state index in [2.05, 4.69) is 41.5 Å². The van der Waals surface area contributed by atoms with Gasteiger partial charge in [0.25, 0.3) is 0 Å². The number of hydrogen-bond acceptors (Lipinski definition) is 3. The molecule has 3 heteroatoms. The van der Waals surface area contributed by atoms with Crippen LogP contribution in [0.4, 0.5) is 0 Å². The van der Waals surface area contributed by atoms with E-state index >= 15 is 0 Å². The SMILES string of the molecule is CCCOc1nc(CNC2CC2)cc2ccccc12. The van der Waals surface area contributed by atoms with Crippen molar-refractivity contribution in [2.75, 3.05) is 6.61 Å². The van der Waals surface area contributed by atoms with Crippen molar-refractivity contribution < 1.29 is 4.74 Å². The van der Waals surface area contributed by atoms with Crippen molar-refractivity contribution in [1.29, 1.82) is 0 Å². The molecule has 0 saturated heterocycles. The molecule has 0 aliphatic heterocycles. The van der Waals surface area contributed by atoms with Crippen LogP contribution in [0.25, 0.3) is 10.8 Å². The normalized spacial score (nSPS) is 14.8. The molecule has 1 heterocycles. The van der Waals surface area contributed by atoms with E-state index < -0.39 is 0 Å². The fourth-order valence-electron chi connectivity index (χ4n) is 2.16. The fourth-order valence-corrected chi connectivity index (χ4v) is 2.16. The Labute approximate surface area is 114 Å². The van der Waals surface area contributed by atoms with Crippen LogP contribution in [0.2, 0.25) is 0 Å². The van der Waals surface area contributed by atoms with Crippen LogP contribution in [0, 0.1) is 0 Å². The summed E-state index contributed by atoms with van der Waals surface area (Å²) in [5, 5.41) is 5.81. The molecule has 2 aromatic rings. The first-order valence-corrected chi connectivity index (χ1v) is 7.11. The molecular weight excluding hydrogens is 236 g/mol. The van der Waals surface area contributed by atoms with Crippen molar-refractivity contribution in [2.45, 2.75) is 38.8 Å². The standard InChI is InChI=1S/C16H20N2O/c1-2-9-19-16-15-6-4-3-5-12(15)10-14(18-16)11-17-13-7-8-13/h3-6,10,13,17H,2,7-9,11H2,1H3. The molecule has 3 rings (SSSR count). The van der Waals surface area contributed by atoms with Gasteiger partial charge < -0.3 is 10.1 Å². The molecule has 1 aromatic carbocycles. The van der Waals surface area contributed by atoms with E-state index in [-0.39, 0.29) is 0 Å². The molecule has 1 fully saturated rings. The molecule has 19 heavy (non-hydrogen) atoms. The maximum absolute atomic E-state index is 5.79. The van der Waals surface area contributed by atoms with Crippen LogP contribution in [0.5, 0.6) is 5.88 Å². The first kappa shape index (κ1) is 12.4. The number of hydrogen-bond donors (Lipinski definition) is 1. The zero-order valence-electron chi connectivity index (χ0n) is 11.4. The van der Waals surface area contributed by atoms with Gasteiger partial charge in [-0.1, -0.05) is 25.1 Å². The summed E-state index contributed by atoms with van der Waals surface area (Å²) in [5.41, 5.74) is 1.07. The lowest BCUT2D eigenvalue weighted by Gasteiger charge is -2.10. The summed E-state index contributed by atoms with van der Waals surface area (Å²) in [4.78, 5) is 4.65. The Kier molecular flexibility index (Phi) is 3.65. The van der Waals surface area contributed by atoms with E-state index in [0.717, 1.165) is 36.5 Å². The van der Waals surface area contributed by atoms with E-state index in [1.165, 1.54) is 18.2 Å². The van der Waals surface area contributed by atoms with Gasteiger partial charge in [-0.3, -0.25) is 0 Å². The number of aromatic nitrogens is 1. The number of rotatable bonds is 6. The average Bonchev–Trinajstić information content (AvgIpc) is 3.26. The second-order valence-electron chi connectivity index (χ2n) is 5.14. The van der Waals surface area contributed by atoms with Crippen molar-refractivity contribution in [1.82, 2.24) is 10.3 Å². The van der Waals surface area contributed by atoms with Crippen LogP contribution in [-0.4, -0.2) is 17.6 Å². The van der Waals surface area contributed by atoms with Gasteiger partial charge in [0.15, 0.2) is 0 Å². The summed E-state index contributed by atoms with van der Waals surface area (Å²) < 4.78 is 5.79. The molecule has 0 spiro atoms. The minimum absolute atomic E-state index is 0.702. The summed E-state index contributed by atoms with van der Waals surface area (Å²) in [6.45, 7) is 3.66. The molecule has 1 saturated carbocycles. The van der Waals surface area contributed by atoms with Crippen molar-refractivity contribution in [3.63, 3.8) is 0 Å². The lowest BCUT2D eigenvalue weighted by atomic mass is 10.1.